The summed E-state index contributed by atoms with van der Waals surface area (Å²) in [7, 11) is 0. The van der Waals surface area contributed by atoms with E-state index in [1.165, 1.54) is 24.0 Å². The van der Waals surface area contributed by atoms with Crippen LogP contribution in [0.5, 0.6) is 5.75 Å². The predicted molar refractivity (Wildman–Crippen MR) is 218 cm³/mol. The number of likely N-dealkylation sites (tertiary alicyclic amines) is 1. The minimum Gasteiger partial charge on any atom is -0.508 e. The van der Waals surface area contributed by atoms with E-state index in [9.17, 15) is 48.6 Å². The van der Waals surface area contributed by atoms with Crippen LogP contribution in [0.15, 0.2) is 24.3 Å². The zero-order valence-electron chi connectivity index (χ0n) is 34.9. The van der Waals surface area contributed by atoms with E-state index < -0.39 is 102 Å². The van der Waals surface area contributed by atoms with Gasteiger partial charge in [0.15, 0.2) is 0 Å². The molecule has 7 amide bonds. The van der Waals surface area contributed by atoms with Crippen LogP contribution < -0.4 is 54.4 Å². The smallest absolute Gasteiger partial charge is 0.303 e. The van der Waals surface area contributed by atoms with Gasteiger partial charge < -0.3 is 58.9 Å². The molecule has 2 saturated heterocycles. The summed E-state index contributed by atoms with van der Waals surface area (Å²) in [4.78, 5) is 105. The molecule has 9 unspecified atom stereocenters. The molecule has 0 saturated carbocycles. The first-order valence-electron chi connectivity index (χ1n) is 20.3. The number of carboxylic acids is 1. The Hall–Kier alpha value is -5.38. The van der Waals surface area contributed by atoms with Crippen LogP contribution in [0.25, 0.3) is 0 Å². The molecule has 0 aliphatic carbocycles. The predicted octanol–water partition coefficient (Wildman–Crippen LogP) is -3.06. The van der Waals surface area contributed by atoms with E-state index in [-0.39, 0.29) is 56.2 Å². The van der Waals surface area contributed by atoms with Crippen molar-refractivity contribution in [3.05, 3.63) is 29.8 Å². The van der Waals surface area contributed by atoms with Gasteiger partial charge in [-0.1, -0.05) is 39.8 Å². The Morgan fingerprint density at radius 2 is 1.45 bits per heavy atom. The molecule has 0 bridgehead atoms. The largest absolute Gasteiger partial charge is 0.508 e. The van der Waals surface area contributed by atoms with Gasteiger partial charge in [-0.3, -0.25) is 49.0 Å². The number of phenols is 1. The van der Waals surface area contributed by atoms with Gasteiger partial charge in [0.1, 0.15) is 36.0 Å². The number of nitrogens with zero attached hydrogens (tertiary/aromatic N) is 1. The van der Waals surface area contributed by atoms with Crippen molar-refractivity contribution in [1.29, 1.82) is 0 Å². The fourth-order valence-corrected chi connectivity index (χ4v) is 6.76. The molecule has 60 heavy (non-hydrogen) atoms. The summed E-state index contributed by atoms with van der Waals surface area (Å²) in [6, 6.07) is -1.53. The summed E-state index contributed by atoms with van der Waals surface area (Å²) < 4.78 is 0. The first kappa shape index (κ1) is 49.0. The number of carboxylic acid groups (broad SMARTS) is 1. The number of hydrogen-bond acceptors (Lipinski definition) is 13. The molecule has 0 spiro atoms. The average molecular weight is 846 g/mol. The van der Waals surface area contributed by atoms with Crippen LogP contribution in [0.4, 0.5) is 0 Å². The van der Waals surface area contributed by atoms with Crippen molar-refractivity contribution in [3.8, 4) is 5.75 Å². The van der Waals surface area contributed by atoms with Crippen LogP contribution >= 0.6 is 0 Å². The van der Waals surface area contributed by atoms with Crippen LogP contribution in [0.1, 0.15) is 78.7 Å². The lowest BCUT2D eigenvalue weighted by Crippen LogP contribution is -2.59. The van der Waals surface area contributed by atoms with Crippen molar-refractivity contribution < 1.29 is 48.6 Å². The van der Waals surface area contributed by atoms with Crippen molar-refractivity contribution in [1.82, 2.24) is 42.1 Å². The maximum Gasteiger partial charge on any atom is 0.303 e. The number of benzene rings is 1. The number of nitrogens with two attached hydrogens (primary N) is 3. The highest BCUT2D eigenvalue weighted by atomic mass is 16.4. The lowest BCUT2D eigenvalue weighted by Gasteiger charge is -2.32. The average Bonchev–Trinajstić information content (AvgIpc) is 3.76. The van der Waals surface area contributed by atoms with Gasteiger partial charge in [-0.25, -0.2) is 0 Å². The molecule has 2 aliphatic heterocycles. The highest BCUT2D eigenvalue weighted by Crippen LogP contribution is 2.21. The van der Waals surface area contributed by atoms with Crippen LogP contribution in [-0.2, 0) is 44.8 Å². The third-order valence-corrected chi connectivity index (χ3v) is 10.2. The fourth-order valence-electron chi connectivity index (χ4n) is 6.76. The number of nitrogens with one attached hydrogen (secondary N) is 7. The molecule has 0 radical (unpaired) electrons. The highest BCUT2D eigenvalue weighted by molar-refractivity contribution is 5.96. The van der Waals surface area contributed by atoms with Gasteiger partial charge in [-0.2, -0.15) is 0 Å². The summed E-state index contributed by atoms with van der Waals surface area (Å²) >= 11 is 0. The molecule has 0 aromatic heterocycles. The second kappa shape index (κ2) is 22.8. The van der Waals surface area contributed by atoms with Gasteiger partial charge in [0.05, 0.1) is 24.4 Å². The van der Waals surface area contributed by atoms with Crippen LogP contribution in [0, 0.1) is 11.8 Å². The normalized spacial score (nSPS) is 20.3. The Bertz CT molecular complexity index is 1690. The number of hydrogen-bond donors (Lipinski definition) is 12. The molecule has 3 rings (SSSR count). The van der Waals surface area contributed by atoms with Gasteiger partial charge in [-0.05, 0) is 68.7 Å². The molecule has 21 heteroatoms. The molecule has 21 nitrogen and oxygen atoms in total. The number of carbonyl (C=O) groups excluding carboxylic acids is 7. The third-order valence-electron chi connectivity index (χ3n) is 10.2. The van der Waals surface area contributed by atoms with Gasteiger partial charge in [0.25, 0.3) is 0 Å². The summed E-state index contributed by atoms with van der Waals surface area (Å²) in [5.41, 5.74) is 17.8. The molecule has 15 N–H and O–H groups in total. The Labute approximate surface area is 349 Å². The minimum absolute atomic E-state index is 0.0124. The molecule has 1 aromatic rings. The van der Waals surface area contributed by atoms with Crippen LogP contribution in [0.2, 0.25) is 0 Å². The SMILES string of the molecule is CC(C)CC(NC(=O)C(CCC(=O)O)NC(=O)C(C(C)C)N1CC(NC(=O)C(Cc2ccc(O)cc2)NC(=O)C(N)CCCNC2NC2N)CC1=O)C(=O)NC(C)C(N)=O. The number of amides is 7. The lowest BCUT2D eigenvalue weighted by atomic mass is 9.99. The van der Waals surface area contributed by atoms with E-state index in [4.69, 9.17) is 17.2 Å². The van der Waals surface area contributed by atoms with Gasteiger partial charge in [0, 0.05) is 25.8 Å². The maximum absolute atomic E-state index is 13.9. The fraction of sp³-hybridized carbons (Fsp3) is 0.641. The van der Waals surface area contributed by atoms with E-state index in [2.05, 4.69) is 37.2 Å². The topological polar surface area (TPSA) is 352 Å². The van der Waals surface area contributed by atoms with Crippen LogP contribution in [0.3, 0.4) is 0 Å². The van der Waals surface area contributed by atoms with Gasteiger partial charge in [-0.15, -0.1) is 0 Å². The van der Waals surface area contributed by atoms with E-state index >= 15 is 0 Å². The second-order valence-electron chi connectivity index (χ2n) is 16.3. The molecule has 2 fully saturated rings. The number of phenolic OH excluding ortho intramolecular Hbond substituents is 1. The number of rotatable bonds is 25. The Morgan fingerprint density at radius 1 is 0.850 bits per heavy atom. The van der Waals surface area contributed by atoms with Crippen molar-refractivity contribution in [2.75, 3.05) is 13.1 Å². The first-order chi connectivity index (χ1) is 28.2. The Morgan fingerprint density at radius 3 is 2.02 bits per heavy atom. The molecule has 334 valence electrons. The summed E-state index contributed by atoms with van der Waals surface area (Å²) in [6.45, 7) is 8.81. The molecule has 9 atom stereocenters. The molecular formula is C39H63N11O10. The third kappa shape index (κ3) is 15.7. The first-order valence-corrected chi connectivity index (χ1v) is 20.3. The van der Waals surface area contributed by atoms with E-state index in [0.29, 0.717) is 24.9 Å². The second-order valence-corrected chi connectivity index (χ2v) is 16.3. The van der Waals surface area contributed by atoms with Crippen molar-refractivity contribution >= 4 is 47.3 Å². The lowest BCUT2D eigenvalue weighted by molar-refractivity contribution is -0.141. The zero-order chi connectivity index (χ0) is 44.8. The van der Waals surface area contributed by atoms with E-state index in [1.54, 1.807) is 39.8 Å². The monoisotopic (exact) mass is 845 g/mol. The van der Waals surface area contributed by atoms with Crippen molar-refractivity contribution in [2.45, 2.75) is 134 Å². The quantitative estimate of drug-likeness (QED) is 0.0344. The summed E-state index contributed by atoms with van der Waals surface area (Å²) in [5.74, 6) is -6.60. The molecule has 1 aromatic carbocycles. The standard InChI is InChI=1S/C39H63N11O10/c1-19(2)15-27(37(58)44-21(5)33(42)55)48-36(57)26(12-13-30(53)54)46-39(60)31(20(3)4)50-18-23(17-29(50)52)45-38(59)28(16-22-8-10-24(51)11-9-22)47-35(56)25(40)7-6-14-43-34-32(41)49-34/h8-11,19-21,23,25-28,31-32,34,43,49,51H,6-7,12-18,40-41H2,1-5H3,(H2,42,55)(H,44,58)(H,45,59)(H,46,60)(H,47,56)(H,48,57)(H,53,54). The van der Waals surface area contributed by atoms with Gasteiger partial charge >= 0.3 is 5.97 Å². The number of aliphatic carboxylic acids is 1. The zero-order valence-corrected chi connectivity index (χ0v) is 34.9. The molecule has 2 aliphatic rings. The maximum atomic E-state index is 13.9. The van der Waals surface area contributed by atoms with Crippen molar-refractivity contribution in [3.63, 3.8) is 0 Å². The van der Waals surface area contributed by atoms with E-state index in [1.807, 2.05) is 0 Å². The van der Waals surface area contributed by atoms with Crippen LogP contribution in [-0.4, -0.2) is 130 Å². The summed E-state index contributed by atoms with van der Waals surface area (Å²) in [5, 5.41) is 38.5. The minimum atomic E-state index is -1.43. The Balaban J connectivity index is 1.73. The highest BCUT2D eigenvalue weighted by Gasteiger charge is 2.42. The molecular weight excluding hydrogens is 782 g/mol. The number of primary amides is 1. The Kier molecular flexibility index (Phi) is 18.6. The molecule has 2 heterocycles. The van der Waals surface area contributed by atoms with E-state index in [0.717, 1.165) is 0 Å². The van der Waals surface area contributed by atoms with Crippen molar-refractivity contribution in [2.24, 2.45) is 29.0 Å². The van der Waals surface area contributed by atoms with Gasteiger partial charge in [0.2, 0.25) is 41.4 Å². The number of aromatic hydroxyl groups is 1. The summed E-state index contributed by atoms with van der Waals surface area (Å²) in [6.07, 6.45) is -0.0909. The number of carbonyl (C=O) groups is 8.